The maximum atomic E-state index is 14.9. The monoisotopic (exact) mass is 773 g/mol. The Morgan fingerprint density at radius 1 is 0.407 bits per heavy atom. The Morgan fingerprint density at radius 3 is 1.37 bits per heavy atom. The minimum Gasteiger partial charge on any atom is -0.307 e. The molecule has 0 unspecified atom stereocenters. The van der Waals surface area contributed by atoms with Crippen LogP contribution in [0.3, 0.4) is 0 Å². The Balaban J connectivity index is 1.25. The van der Waals surface area contributed by atoms with E-state index < -0.39 is 13.5 Å². The largest absolute Gasteiger partial charge is 0.307 e. The molecule has 3 nitrogen and oxygen atoms in total. The van der Waals surface area contributed by atoms with Crippen molar-refractivity contribution in [2.45, 2.75) is 31.6 Å². The van der Waals surface area contributed by atoms with E-state index in [4.69, 9.17) is 0 Å². The molecule has 0 atom stereocenters. The molecule has 8 aromatic carbocycles. The van der Waals surface area contributed by atoms with Crippen LogP contribution in [0, 0.1) is 0 Å². The normalized spacial score (nSPS) is 13.9. The van der Waals surface area contributed by atoms with Gasteiger partial charge in [0.15, 0.2) is 18.9 Å². The molecule has 0 radical (unpaired) electrons. The Labute approximate surface area is 342 Å². The lowest BCUT2D eigenvalue weighted by Gasteiger charge is -2.39. The molecule has 10 aromatic rings. The van der Waals surface area contributed by atoms with Gasteiger partial charge >= 0.3 is 0 Å². The lowest BCUT2D eigenvalue weighted by atomic mass is 9.65. The number of fused-ring (bicyclic) bond motifs is 7. The molecule has 4 heteroatoms. The maximum absolute atomic E-state index is 14.9. The summed E-state index contributed by atoms with van der Waals surface area (Å²) in [6, 6.07) is 65.8. The number of aromatic nitrogens is 1. The van der Waals surface area contributed by atoms with E-state index in [9.17, 15) is 9.59 Å². The molecule has 280 valence electrons. The average Bonchev–Trinajstić information content (AvgIpc) is 3.56. The Morgan fingerprint density at radius 2 is 0.864 bits per heavy atom. The zero-order valence-corrected chi connectivity index (χ0v) is 34.1. The van der Waals surface area contributed by atoms with Crippen molar-refractivity contribution in [3.05, 3.63) is 230 Å². The zero-order chi connectivity index (χ0) is 39.8. The summed E-state index contributed by atoms with van der Waals surface area (Å²) < 4.78 is 2.27. The van der Waals surface area contributed by atoms with E-state index in [-0.39, 0.29) is 16.3 Å². The molecular formula is C55H39NO2Si. The van der Waals surface area contributed by atoms with E-state index in [1.54, 1.807) is 0 Å². The van der Waals surface area contributed by atoms with Crippen LogP contribution in [0.5, 0.6) is 0 Å². The van der Waals surface area contributed by atoms with Gasteiger partial charge in [-0.2, -0.15) is 0 Å². The molecule has 2 aromatic heterocycles. The molecular weight excluding hydrogens is 735 g/mol. The molecule has 0 amide bonds. The van der Waals surface area contributed by atoms with Crippen LogP contribution in [0.1, 0.15) is 48.6 Å². The molecule has 0 saturated carbocycles. The van der Waals surface area contributed by atoms with E-state index in [0.717, 1.165) is 27.7 Å². The third-order valence-corrected chi connectivity index (χ3v) is 18.4. The minimum absolute atomic E-state index is 0.0301. The predicted molar refractivity (Wildman–Crippen MR) is 247 cm³/mol. The molecule has 12 rings (SSSR count). The Bertz CT molecular complexity index is 3310. The highest BCUT2D eigenvalue weighted by Crippen LogP contribution is 2.59. The summed E-state index contributed by atoms with van der Waals surface area (Å²) in [5.41, 5.74) is 9.19. The molecule has 59 heavy (non-hydrogen) atoms. The van der Waals surface area contributed by atoms with Crippen molar-refractivity contribution in [2.24, 2.45) is 0 Å². The summed E-state index contributed by atoms with van der Waals surface area (Å²) in [6.45, 7) is 6.41. The maximum Gasteiger partial charge on any atom is 0.197 e. The van der Waals surface area contributed by atoms with Gasteiger partial charge in [0.1, 0.15) is 0 Å². The highest BCUT2D eigenvalue weighted by molar-refractivity contribution is 7.19. The molecule has 0 N–H and O–H groups in total. The van der Waals surface area contributed by atoms with Crippen LogP contribution in [-0.2, 0) is 10.8 Å². The standard InChI is InChI=1S/C55H39NO2Si/c1-54(2,3)34-31-43-49-44(32-34)53(58)41-25-16-28-48-51(41)56(49)50-40(52(43)57)24-15-27-47(50)55(48)45-26-14-13-23-39(45)42-33-38(29-30-46(42)55)59(35-17-7-4-8-18-35,36-19-9-5-10-20-36)37-21-11-6-12-22-37/h4-33H,1-3H3. The molecule has 1 aliphatic heterocycles. The van der Waals surface area contributed by atoms with Crippen molar-refractivity contribution in [3.8, 4) is 11.1 Å². The van der Waals surface area contributed by atoms with Gasteiger partial charge in [0, 0.05) is 21.5 Å². The molecule has 0 saturated heterocycles. The van der Waals surface area contributed by atoms with Crippen LogP contribution < -0.4 is 31.6 Å². The molecule has 2 aliphatic rings. The fourth-order valence-electron chi connectivity index (χ4n) is 11.1. The summed E-state index contributed by atoms with van der Waals surface area (Å²) in [4.78, 5) is 29.9. The summed E-state index contributed by atoms with van der Waals surface area (Å²) in [5, 5.41) is 7.81. The number of para-hydroxylation sites is 2. The molecule has 1 aliphatic carbocycles. The van der Waals surface area contributed by atoms with Crippen LogP contribution >= 0.6 is 0 Å². The SMILES string of the molecule is CC(C)(C)c1cc2c(=O)c3cccc4c3n3c5c(cccc5c(=O)c(c1)c23)C41c2ccccc2-c2cc([Si](c3ccccc3)(c3ccccc3)c3ccccc3)ccc21. The topological polar surface area (TPSA) is 38.5 Å². The minimum atomic E-state index is -2.86. The summed E-state index contributed by atoms with van der Waals surface area (Å²) in [7, 11) is -2.86. The van der Waals surface area contributed by atoms with Gasteiger partial charge < -0.3 is 4.40 Å². The Hall–Kier alpha value is -6.88. The van der Waals surface area contributed by atoms with Crippen LogP contribution in [0.25, 0.3) is 49.2 Å². The molecule has 0 fully saturated rings. The highest BCUT2D eigenvalue weighted by Gasteiger charge is 2.51. The van der Waals surface area contributed by atoms with Crippen molar-refractivity contribution in [1.82, 2.24) is 4.40 Å². The third kappa shape index (κ3) is 4.21. The van der Waals surface area contributed by atoms with E-state index in [2.05, 4.69) is 183 Å². The fraction of sp³-hybridized carbons (Fsp3) is 0.0909. The van der Waals surface area contributed by atoms with E-state index >= 15 is 0 Å². The third-order valence-electron chi connectivity index (χ3n) is 13.6. The predicted octanol–water partition coefficient (Wildman–Crippen LogP) is 8.91. The van der Waals surface area contributed by atoms with Crippen molar-refractivity contribution in [1.29, 1.82) is 0 Å². The second-order valence-corrected chi connectivity index (χ2v) is 21.3. The summed E-state index contributed by atoms with van der Waals surface area (Å²) in [6.07, 6.45) is 0. The van der Waals surface area contributed by atoms with E-state index in [0.29, 0.717) is 27.1 Å². The highest BCUT2D eigenvalue weighted by atomic mass is 28.3. The first kappa shape index (κ1) is 34.2. The second-order valence-electron chi connectivity index (χ2n) is 17.5. The van der Waals surface area contributed by atoms with Crippen molar-refractivity contribution < 1.29 is 0 Å². The zero-order valence-electron chi connectivity index (χ0n) is 33.1. The van der Waals surface area contributed by atoms with Gasteiger partial charge in [-0.1, -0.05) is 178 Å². The molecule has 0 bridgehead atoms. The number of nitrogens with zero attached hydrogens (tertiary/aromatic N) is 1. The van der Waals surface area contributed by atoms with Crippen LogP contribution in [0.2, 0.25) is 0 Å². The molecule has 3 heterocycles. The van der Waals surface area contributed by atoms with Crippen molar-refractivity contribution in [2.75, 3.05) is 0 Å². The van der Waals surface area contributed by atoms with Crippen molar-refractivity contribution in [3.63, 3.8) is 0 Å². The van der Waals surface area contributed by atoms with Gasteiger partial charge in [0.2, 0.25) is 0 Å². The Kier molecular flexibility index (Phi) is 6.86. The first-order valence-electron chi connectivity index (χ1n) is 20.5. The average molecular weight is 774 g/mol. The number of hydrogen-bond acceptors (Lipinski definition) is 2. The smallest absolute Gasteiger partial charge is 0.197 e. The van der Waals surface area contributed by atoms with Gasteiger partial charge in [-0.15, -0.1) is 0 Å². The lowest BCUT2D eigenvalue weighted by Crippen LogP contribution is -2.74. The van der Waals surface area contributed by atoms with Gasteiger partial charge in [0.25, 0.3) is 0 Å². The first-order valence-corrected chi connectivity index (χ1v) is 22.5. The first-order chi connectivity index (χ1) is 28.8. The van der Waals surface area contributed by atoms with E-state index in [1.165, 1.54) is 43.0 Å². The lowest BCUT2D eigenvalue weighted by molar-refractivity contribution is 0.591. The number of hydrogen-bond donors (Lipinski definition) is 0. The number of benzene rings is 8. The quantitative estimate of drug-likeness (QED) is 0.0776. The van der Waals surface area contributed by atoms with Crippen molar-refractivity contribution >= 4 is 66.9 Å². The number of rotatable bonds is 4. The van der Waals surface area contributed by atoms with Crippen LogP contribution in [0.15, 0.2) is 192 Å². The van der Waals surface area contributed by atoms with Gasteiger partial charge in [0.05, 0.1) is 22.0 Å². The van der Waals surface area contributed by atoms with E-state index in [1.807, 2.05) is 24.3 Å². The second kappa shape index (κ2) is 11.8. The van der Waals surface area contributed by atoms with Crippen LogP contribution in [-0.4, -0.2) is 12.5 Å². The van der Waals surface area contributed by atoms with Gasteiger partial charge in [-0.05, 0) is 89.4 Å². The van der Waals surface area contributed by atoms with Gasteiger partial charge in [-0.3, -0.25) is 9.59 Å². The summed E-state index contributed by atoms with van der Waals surface area (Å²) >= 11 is 0. The van der Waals surface area contributed by atoms with Gasteiger partial charge in [-0.25, -0.2) is 0 Å². The van der Waals surface area contributed by atoms with Crippen LogP contribution in [0.4, 0.5) is 0 Å². The fourth-order valence-corrected chi connectivity index (χ4v) is 15.9. The number of pyridine rings is 2. The summed E-state index contributed by atoms with van der Waals surface area (Å²) in [5.74, 6) is 0. The molecule has 1 spiro atoms.